The second kappa shape index (κ2) is 9.75. The van der Waals surface area contributed by atoms with E-state index in [2.05, 4.69) is 27.2 Å². The number of aromatic nitrogens is 1. The average molecular weight is 393 g/mol. The Kier molecular flexibility index (Phi) is 7.65. The average Bonchev–Trinajstić information content (AvgIpc) is 2.70. The van der Waals surface area contributed by atoms with Gasteiger partial charge in [-0.25, -0.2) is 14.6 Å². The number of hydrogen-bond acceptors (Lipinski definition) is 5. The zero-order chi connectivity index (χ0) is 20.7. The summed E-state index contributed by atoms with van der Waals surface area (Å²) >= 11 is 0. The molecule has 2 heterocycles. The van der Waals surface area contributed by atoms with Crippen LogP contribution in [0.15, 0.2) is 36.7 Å². The summed E-state index contributed by atoms with van der Waals surface area (Å²) in [5, 5.41) is 2.50. The molecule has 0 unspecified atom stereocenters. The van der Waals surface area contributed by atoms with Crippen molar-refractivity contribution < 1.29 is 13.6 Å². The number of pyridine rings is 1. The molecule has 0 aliphatic carbocycles. The fourth-order valence-corrected chi connectivity index (χ4v) is 3.03. The second-order valence-electron chi connectivity index (χ2n) is 7.69. The predicted molar refractivity (Wildman–Crippen MR) is 106 cm³/mol. The molecule has 0 radical (unpaired) electrons. The Morgan fingerprint density at radius 2 is 2.00 bits per heavy atom. The molecule has 1 aromatic heterocycles. The molecule has 0 aromatic carbocycles. The van der Waals surface area contributed by atoms with Crippen LogP contribution in [0.25, 0.3) is 5.57 Å². The smallest absolute Gasteiger partial charge is 0.231 e. The standard InChI is InChI=1S/C20H29F2N5O/c1-14(15-11-16(21)13-24-12-15)17(22)18(26-23)25-19(28)20(2,3)7-10-27-8-5-4-6-9-27/h11-13,26H,1,4-10,23H2,2-3H3,(H,25,28)/b18-17+. The van der Waals surface area contributed by atoms with E-state index in [0.29, 0.717) is 6.42 Å². The SMILES string of the molecule is C=C(/C(F)=C(\NN)NC(=O)C(C)(C)CCN1CCCCC1)c1cncc(F)c1. The van der Waals surface area contributed by atoms with Crippen LogP contribution in [0.1, 0.15) is 45.1 Å². The van der Waals surface area contributed by atoms with Gasteiger partial charge in [0.2, 0.25) is 5.91 Å². The highest BCUT2D eigenvalue weighted by Gasteiger charge is 2.30. The Labute approximate surface area is 164 Å². The first kappa shape index (κ1) is 22.0. The molecule has 1 saturated heterocycles. The van der Waals surface area contributed by atoms with Gasteiger partial charge in [0.15, 0.2) is 11.6 Å². The Balaban J connectivity index is 2.05. The lowest BCUT2D eigenvalue weighted by Crippen LogP contribution is -2.44. The molecule has 0 atom stereocenters. The summed E-state index contributed by atoms with van der Waals surface area (Å²) < 4.78 is 28.1. The van der Waals surface area contributed by atoms with Crippen LogP contribution >= 0.6 is 0 Å². The summed E-state index contributed by atoms with van der Waals surface area (Å²) in [6.45, 7) is 10.1. The van der Waals surface area contributed by atoms with E-state index < -0.39 is 17.1 Å². The van der Waals surface area contributed by atoms with Gasteiger partial charge in [-0.1, -0.05) is 26.8 Å². The van der Waals surface area contributed by atoms with Crippen LogP contribution in [0.3, 0.4) is 0 Å². The number of rotatable bonds is 8. The molecule has 0 bridgehead atoms. The van der Waals surface area contributed by atoms with Crippen molar-refractivity contribution in [1.82, 2.24) is 20.6 Å². The topological polar surface area (TPSA) is 83.3 Å². The van der Waals surface area contributed by atoms with Gasteiger partial charge in [-0.2, -0.15) is 0 Å². The summed E-state index contributed by atoms with van der Waals surface area (Å²) in [5.74, 6) is 3.23. The Morgan fingerprint density at radius 3 is 2.61 bits per heavy atom. The fraction of sp³-hybridized carbons (Fsp3) is 0.500. The van der Waals surface area contributed by atoms with Gasteiger partial charge in [0, 0.05) is 22.7 Å². The van der Waals surface area contributed by atoms with E-state index >= 15 is 0 Å². The number of piperidine rings is 1. The summed E-state index contributed by atoms with van der Waals surface area (Å²) in [5.41, 5.74) is 1.47. The van der Waals surface area contributed by atoms with Crippen molar-refractivity contribution in [3.05, 3.63) is 48.1 Å². The minimum absolute atomic E-state index is 0.133. The molecule has 1 aromatic rings. The van der Waals surface area contributed by atoms with Gasteiger partial charge in [-0.3, -0.25) is 9.78 Å². The molecule has 0 saturated carbocycles. The number of nitrogens with zero attached hydrogens (tertiary/aromatic N) is 2. The maximum atomic E-state index is 14.8. The van der Waals surface area contributed by atoms with Crippen molar-refractivity contribution in [2.45, 2.75) is 39.5 Å². The van der Waals surface area contributed by atoms with Crippen LogP contribution in [-0.2, 0) is 4.79 Å². The highest BCUT2D eigenvalue weighted by Crippen LogP contribution is 2.26. The van der Waals surface area contributed by atoms with E-state index in [9.17, 15) is 13.6 Å². The number of carbonyl (C=O) groups excluding carboxylic acids is 1. The van der Waals surface area contributed by atoms with E-state index in [1.54, 1.807) is 0 Å². The molecule has 8 heteroatoms. The van der Waals surface area contributed by atoms with Crippen LogP contribution < -0.4 is 16.6 Å². The number of nitrogens with two attached hydrogens (primary N) is 1. The zero-order valence-corrected chi connectivity index (χ0v) is 16.5. The molecular formula is C20H29F2N5O. The lowest BCUT2D eigenvalue weighted by Gasteiger charge is -2.31. The first-order valence-corrected chi connectivity index (χ1v) is 9.45. The Morgan fingerprint density at radius 1 is 1.32 bits per heavy atom. The largest absolute Gasteiger partial charge is 0.309 e. The van der Waals surface area contributed by atoms with Gasteiger partial charge < -0.3 is 15.6 Å². The normalized spacial score (nSPS) is 16.3. The molecule has 6 nitrogen and oxygen atoms in total. The Bertz CT molecular complexity index is 742. The van der Waals surface area contributed by atoms with Crippen molar-refractivity contribution in [2.75, 3.05) is 19.6 Å². The number of hydrogen-bond donors (Lipinski definition) is 3. The van der Waals surface area contributed by atoms with Gasteiger partial charge in [-0.15, -0.1) is 0 Å². The monoisotopic (exact) mass is 393 g/mol. The minimum atomic E-state index is -0.880. The third-order valence-electron chi connectivity index (χ3n) is 5.04. The maximum absolute atomic E-state index is 14.8. The summed E-state index contributed by atoms with van der Waals surface area (Å²) in [4.78, 5) is 18.7. The summed E-state index contributed by atoms with van der Waals surface area (Å²) in [6, 6.07) is 1.10. The molecule has 1 amide bonds. The van der Waals surface area contributed by atoms with Crippen LogP contribution in [-0.4, -0.2) is 35.4 Å². The number of carbonyl (C=O) groups is 1. The molecule has 1 aliphatic heterocycles. The first-order chi connectivity index (χ1) is 13.2. The van der Waals surface area contributed by atoms with E-state index in [1.807, 2.05) is 13.8 Å². The third-order valence-corrected chi connectivity index (χ3v) is 5.04. The van der Waals surface area contributed by atoms with E-state index in [1.165, 1.54) is 25.5 Å². The van der Waals surface area contributed by atoms with Crippen molar-refractivity contribution >= 4 is 11.5 Å². The van der Waals surface area contributed by atoms with Gasteiger partial charge >= 0.3 is 0 Å². The van der Waals surface area contributed by atoms with Crippen LogP contribution in [0, 0.1) is 11.2 Å². The van der Waals surface area contributed by atoms with Crippen molar-refractivity contribution in [3.8, 4) is 0 Å². The first-order valence-electron chi connectivity index (χ1n) is 9.45. The number of nitrogens with one attached hydrogen (secondary N) is 2. The minimum Gasteiger partial charge on any atom is -0.309 e. The number of likely N-dealkylation sites (tertiary alicyclic amines) is 1. The molecule has 2 rings (SSSR count). The summed E-state index contributed by atoms with van der Waals surface area (Å²) in [6.07, 6.45) is 6.53. The van der Waals surface area contributed by atoms with E-state index in [4.69, 9.17) is 5.84 Å². The molecule has 4 N–H and O–H groups in total. The highest BCUT2D eigenvalue weighted by atomic mass is 19.1. The van der Waals surface area contributed by atoms with Crippen molar-refractivity contribution in [1.29, 1.82) is 0 Å². The number of amides is 1. The molecule has 28 heavy (non-hydrogen) atoms. The number of allylic oxidation sites excluding steroid dienone is 2. The van der Waals surface area contributed by atoms with Gasteiger partial charge in [0.05, 0.1) is 6.20 Å². The molecular weight excluding hydrogens is 364 g/mol. The zero-order valence-electron chi connectivity index (χ0n) is 16.5. The van der Waals surface area contributed by atoms with Crippen LogP contribution in [0.5, 0.6) is 0 Å². The van der Waals surface area contributed by atoms with Gasteiger partial charge in [0.25, 0.3) is 0 Å². The molecule has 1 aliphatic rings. The molecule has 1 fully saturated rings. The fourth-order valence-electron chi connectivity index (χ4n) is 3.03. The summed E-state index contributed by atoms with van der Waals surface area (Å²) in [7, 11) is 0. The number of hydrazine groups is 1. The predicted octanol–water partition coefficient (Wildman–Crippen LogP) is 2.85. The van der Waals surface area contributed by atoms with Crippen LogP contribution in [0.4, 0.5) is 8.78 Å². The van der Waals surface area contributed by atoms with Crippen LogP contribution in [0.2, 0.25) is 0 Å². The Hall–Kier alpha value is -2.32. The quantitative estimate of drug-likeness (QED) is 0.359. The van der Waals surface area contributed by atoms with E-state index in [0.717, 1.165) is 31.9 Å². The highest BCUT2D eigenvalue weighted by molar-refractivity contribution is 5.84. The third kappa shape index (κ3) is 5.84. The second-order valence-corrected chi connectivity index (χ2v) is 7.69. The van der Waals surface area contributed by atoms with Crippen molar-refractivity contribution in [3.63, 3.8) is 0 Å². The van der Waals surface area contributed by atoms with Gasteiger partial charge in [0.1, 0.15) is 5.82 Å². The maximum Gasteiger partial charge on any atom is 0.231 e. The van der Waals surface area contributed by atoms with Crippen molar-refractivity contribution in [2.24, 2.45) is 11.3 Å². The van der Waals surface area contributed by atoms with E-state index in [-0.39, 0.29) is 22.9 Å². The molecule has 154 valence electrons. The lowest BCUT2D eigenvalue weighted by atomic mass is 9.87. The molecule has 0 spiro atoms. The van der Waals surface area contributed by atoms with Gasteiger partial charge in [-0.05, 0) is 45.0 Å². The lowest BCUT2D eigenvalue weighted by molar-refractivity contribution is -0.129. The number of halogens is 2.